The molecule has 1 aliphatic carbocycles. The number of hydrogen-bond acceptors (Lipinski definition) is 2. The summed E-state index contributed by atoms with van der Waals surface area (Å²) in [6.45, 7) is 4.35. The zero-order valence-electron chi connectivity index (χ0n) is 11.1. The lowest BCUT2D eigenvalue weighted by Crippen LogP contribution is -2.41. The van der Waals surface area contributed by atoms with Gasteiger partial charge in [0.05, 0.1) is 15.7 Å². The first-order valence-electron chi connectivity index (χ1n) is 6.36. The fourth-order valence-corrected chi connectivity index (χ4v) is 2.91. The summed E-state index contributed by atoms with van der Waals surface area (Å²) in [4.78, 5) is 12.2. The molecule has 0 aromatic heterocycles. The summed E-state index contributed by atoms with van der Waals surface area (Å²) >= 11 is 11.8. The highest BCUT2D eigenvalue weighted by Gasteiger charge is 2.35. The van der Waals surface area contributed by atoms with Crippen molar-refractivity contribution in [3.63, 3.8) is 0 Å². The van der Waals surface area contributed by atoms with E-state index < -0.39 is 0 Å². The summed E-state index contributed by atoms with van der Waals surface area (Å²) in [5.41, 5.74) is 6.64. The van der Waals surface area contributed by atoms with Crippen molar-refractivity contribution < 1.29 is 4.79 Å². The summed E-state index contributed by atoms with van der Waals surface area (Å²) in [5.74, 6) is -0.148. The maximum atomic E-state index is 12.2. The minimum Gasteiger partial charge on any atom is -0.397 e. The van der Waals surface area contributed by atoms with Crippen LogP contribution in [0, 0.1) is 5.41 Å². The molecule has 104 valence electrons. The topological polar surface area (TPSA) is 55.1 Å². The first kappa shape index (κ1) is 14.5. The number of carbonyl (C=O) groups is 1. The van der Waals surface area contributed by atoms with Crippen molar-refractivity contribution in [1.29, 1.82) is 0 Å². The fraction of sp³-hybridized carbons (Fsp3) is 0.500. The number of rotatable bonds is 2. The molecule has 1 aliphatic rings. The van der Waals surface area contributed by atoms with Crippen LogP contribution < -0.4 is 11.1 Å². The van der Waals surface area contributed by atoms with Crippen LogP contribution in [0.2, 0.25) is 10.0 Å². The molecule has 0 saturated heterocycles. The standard InChI is InChI=1S/C14H18Cl2N2O/c1-14(2)5-3-4-11(14)18-13(19)8-6-9(15)12(16)10(17)7-8/h6-7,11H,3-5,17H2,1-2H3,(H,18,19). The van der Waals surface area contributed by atoms with Gasteiger partial charge in [-0.1, -0.05) is 43.5 Å². The lowest BCUT2D eigenvalue weighted by molar-refractivity contribution is 0.0910. The van der Waals surface area contributed by atoms with Crippen LogP contribution in [-0.2, 0) is 0 Å². The van der Waals surface area contributed by atoms with Crippen molar-refractivity contribution in [1.82, 2.24) is 5.32 Å². The van der Waals surface area contributed by atoms with Gasteiger partial charge >= 0.3 is 0 Å². The molecule has 1 amide bonds. The van der Waals surface area contributed by atoms with Crippen LogP contribution in [0.25, 0.3) is 0 Å². The molecule has 0 aliphatic heterocycles. The number of amides is 1. The van der Waals surface area contributed by atoms with Gasteiger partial charge in [-0.25, -0.2) is 0 Å². The molecule has 1 aromatic rings. The number of carbonyl (C=O) groups excluding carboxylic acids is 1. The van der Waals surface area contributed by atoms with Crippen LogP contribution in [0.15, 0.2) is 12.1 Å². The molecule has 1 atom stereocenters. The Labute approximate surface area is 123 Å². The Morgan fingerprint density at radius 3 is 2.63 bits per heavy atom. The number of hydrogen-bond donors (Lipinski definition) is 2. The molecule has 5 heteroatoms. The van der Waals surface area contributed by atoms with E-state index in [9.17, 15) is 4.79 Å². The predicted molar refractivity (Wildman–Crippen MR) is 79.8 cm³/mol. The molecular weight excluding hydrogens is 283 g/mol. The largest absolute Gasteiger partial charge is 0.397 e. The van der Waals surface area contributed by atoms with Crippen LogP contribution in [0.4, 0.5) is 5.69 Å². The van der Waals surface area contributed by atoms with Gasteiger partial charge in [0.25, 0.3) is 5.91 Å². The second-order valence-electron chi connectivity index (χ2n) is 5.77. The second-order valence-corrected chi connectivity index (χ2v) is 6.55. The smallest absolute Gasteiger partial charge is 0.251 e. The summed E-state index contributed by atoms with van der Waals surface area (Å²) < 4.78 is 0. The quantitative estimate of drug-likeness (QED) is 0.814. The Bertz CT molecular complexity index is 491. The molecule has 0 radical (unpaired) electrons. The zero-order valence-corrected chi connectivity index (χ0v) is 12.6. The molecule has 1 fully saturated rings. The van der Waals surface area contributed by atoms with Gasteiger partial charge < -0.3 is 11.1 Å². The normalized spacial score (nSPS) is 21.4. The van der Waals surface area contributed by atoms with Gasteiger partial charge in [0.1, 0.15) is 0 Å². The van der Waals surface area contributed by atoms with Gasteiger partial charge in [0, 0.05) is 11.6 Å². The highest BCUT2D eigenvalue weighted by atomic mass is 35.5. The lowest BCUT2D eigenvalue weighted by atomic mass is 9.87. The van der Waals surface area contributed by atoms with Crippen LogP contribution in [-0.4, -0.2) is 11.9 Å². The van der Waals surface area contributed by atoms with Gasteiger partial charge in [-0.15, -0.1) is 0 Å². The molecule has 2 rings (SSSR count). The van der Waals surface area contributed by atoms with Crippen molar-refractivity contribution in [2.75, 3.05) is 5.73 Å². The van der Waals surface area contributed by atoms with E-state index in [4.69, 9.17) is 28.9 Å². The number of benzene rings is 1. The van der Waals surface area contributed by atoms with Gasteiger partial charge in [-0.05, 0) is 30.4 Å². The van der Waals surface area contributed by atoms with Crippen LogP contribution >= 0.6 is 23.2 Å². The number of anilines is 1. The SMILES string of the molecule is CC1(C)CCCC1NC(=O)c1cc(N)c(Cl)c(Cl)c1. The van der Waals surface area contributed by atoms with Crippen molar-refractivity contribution in [2.24, 2.45) is 5.41 Å². The molecule has 1 saturated carbocycles. The average molecular weight is 301 g/mol. The minimum atomic E-state index is -0.148. The van der Waals surface area contributed by atoms with Crippen LogP contribution in [0.5, 0.6) is 0 Å². The summed E-state index contributed by atoms with van der Waals surface area (Å²) in [6.07, 6.45) is 3.28. The molecule has 1 aromatic carbocycles. The zero-order chi connectivity index (χ0) is 14.2. The lowest BCUT2D eigenvalue weighted by Gasteiger charge is -2.27. The third kappa shape index (κ3) is 2.98. The van der Waals surface area contributed by atoms with E-state index in [-0.39, 0.29) is 17.4 Å². The van der Waals surface area contributed by atoms with E-state index in [0.29, 0.717) is 21.3 Å². The maximum Gasteiger partial charge on any atom is 0.251 e. The summed E-state index contributed by atoms with van der Waals surface area (Å²) in [7, 11) is 0. The minimum absolute atomic E-state index is 0.136. The highest BCUT2D eigenvalue weighted by molar-refractivity contribution is 6.43. The number of nitrogens with one attached hydrogen (secondary N) is 1. The Balaban J connectivity index is 2.17. The molecule has 0 spiro atoms. The first-order valence-corrected chi connectivity index (χ1v) is 7.12. The maximum absolute atomic E-state index is 12.2. The van der Waals surface area contributed by atoms with Crippen molar-refractivity contribution in [3.05, 3.63) is 27.7 Å². The molecule has 1 unspecified atom stereocenters. The molecule has 3 N–H and O–H groups in total. The summed E-state index contributed by atoms with van der Waals surface area (Å²) in [5, 5.41) is 3.66. The Morgan fingerprint density at radius 1 is 1.42 bits per heavy atom. The van der Waals surface area contributed by atoms with Gasteiger partial charge in [-0.3, -0.25) is 4.79 Å². The van der Waals surface area contributed by atoms with E-state index >= 15 is 0 Å². The third-order valence-corrected chi connectivity index (χ3v) is 4.70. The van der Waals surface area contributed by atoms with E-state index in [0.717, 1.165) is 19.3 Å². The van der Waals surface area contributed by atoms with E-state index in [1.165, 1.54) is 0 Å². The molecule has 3 nitrogen and oxygen atoms in total. The second kappa shape index (κ2) is 5.22. The molecular formula is C14H18Cl2N2O. The third-order valence-electron chi connectivity index (χ3n) is 3.88. The Kier molecular flexibility index (Phi) is 3.98. The van der Waals surface area contributed by atoms with E-state index in [1.807, 2.05) is 0 Å². The molecule has 0 bridgehead atoms. The van der Waals surface area contributed by atoms with Crippen LogP contribution in [0.1, 0.15) is 43.5 Å². The highest BCUT2D eigenvalue weighted by Crippen LogP contribution is 2.37. The predicted octanol–water partition coefficient (Wildman–Crippen LogP) is 3.88. The van der Waals surface area contributed by atoms with Gasteiger partial charge in [0.2, 0.25) is 0 Å². The van der Waals surface area contributed by atoms with Crippen molar-refractivity contribution in [2.45, 2.75) is 39.2 Å². The van der Waals surface area contributed by atoms with E-state index in [1.54, 1.807) is 12.1 Å². The Hall–Kier alpha value is -0.930. The van der Waals surface area contributed by atoms with Crippen molar-refractivity contribution >= 4 is 34.8 Å². The first-order chi connectivity index (χ1) is 8.81. The fourth-order valence-electron chi connectivity index (χ4n) is 2.58. The molecule has 19 heavy (non-hydrogen) atoms. The van der Waals surface area contributed by atoms with Crippen molar-refractivity contribution in [3.8, 4) is 0 Å². The van der Waals surface area contributed by atoms with Gasteiger partial charge in [-0.2, -0.15) is 0 Å². The average Bonchev–Trinajstić information content (AvgIpc) is 2.65. The molecule has 0 heterocycles. The van der Waals surface area contributed by atoms with E-state index in [2.05, 4.69) is 19.2 Å². The van der Waals surface area contributed by atoms with Crippen LogP contribution in [0.3, 0.4) is 0 Å². The number of halogens is 2. The summed E-state index contributed by atoms with van der Waals surface area (Å²) in [6, 6.07) is 3.30. The Morgan fingerprint density at radius 2 is 2.11 bits per heavy atom. The number of nitrogen functional groups attached to an aromatic ring is 1. The van der Waals surface area contributed by atoms with Gasteiger partial charge in [0.15, 0.2) is 0 Å². The monoisotopic (exact) mass is 300 g/mol. The number of nitrogens with two attached hydrogens (primary N) is 1.